The molecule has 2 nitrogen and oxygen atoms in total. The van der Waals surface area contributed by atoms with Gasteiger partial charge in [0.1, 0.15) is 0 Å². The van der Waals surface area contributed by atoms with Crippen LogP contribution in [0.3, 0.4) is 0 Å². The minimum Gasteiger partial charge on any atom is -0.462 e. The van der Waals surface area contributed by atoms with Crippen LogP contribution in [0.5, 0.6) is 0 Å². The molecular formula is C30H31O2P. The Kier molecular flexibility index (Phi) is 6.38. The van der Waals surface area contributed by atoms with Gasteiger partial charge in [-0.05, 0) is 72.1 Å². The van der Waals surface area contributed by atoms with Crippen molar-refractivity contribution in [2.45, 2.75) is 45.4 Å². The Morgan fingerprint density at radius 3 is 1.88 bits per heavy atom. The fourth-order valence-corrected chi connectivity index (χ4v) is 10.3. The quantitative estimate of drug-likeness (QED) is 0.366. The number of hydrogen-bond acceptors (Lipinski definition) is 2. The van der Waals surface area contributed by atoms with E-state index < -0.39 is 6.89 Å². The van der Waals surface area contributed by atoms with Gasteiger partial charge >= 0.3 is 5.97 Å². The highest BCUT2D eigenvalue weighted by atomic mass is 31.2. The molecule has 3 aromatic rings. The second kappa shape index (κ2) is 9.57. The fraction of sp³-hybridized carbons (Fsp3) is 0.267. The molecule has 5 rings (SSSR count). The van der Waals surface area contributed by atoms with Crippen molar-refractivity contribution in [1.29, 1.82) is 0 Å². The third-order valence-corrected chi connectivity index (χ3v) is 11.3. The van der Waals surface area contributed by atoms with Gasteiger partial charge < -0.3 is 4.74 Å². The monoisotopic (exact) mass is 454 g/mol. The molecule has 3 aromatic carbocycles. The highest BCUT2D eigenvalue weighted by Crippen LogP contribution is 2.54. The third-order valence-electron chi connectivity index (χ3n) is 6.94. The summed E-state index contributed by atoms with van der Waals surface area (Å²) in [6.45, 7) is -0.124. The second-order valence-corrected chi connectivity index (χ2v) is 12.1. The number of rotatable bonds is 4. The lowest BCUT2D eigenvalue weighted by Gasteiger charge is -2.39. The van der Waals surface area contributed by atoms with Crippen LogP contribution in [0.1, 0.15) is 51.0 Å². The average Bonchev–Trinajstić information content (AvgIpc) is 2.85. The molecule has 33 heavy (non-hydrogen) atoms. The molecule has 0 saturated carbocycles. The number of benzene rings is 3. The highest BCUT2D eigenvalue weighted by molar-refractivity contribution is 7.97. The van der Waals surface area contributed by atoms with Crippen LogP contribution in [-0.2, 0) is 9.53 Å². The van der Waals surface area contributed by atoms with Crippen molar-refractivity contribution in [1.82, 2.24) is 0 Å². The topological polar surface area (TPSA) is 26.3 Å². The molecule has 0 saturated heterocycles. The first-order valence-corrected chi connectivity index (χ1v) is 13.9. The van der Waals surface area contributed by atoms with E-state index in [1.165, 1.54) is 51.9 Å². The van der Waals surface area contributed by atoms with Crippen LogP contribution in [0, 0.1) is 0 Å². The lowest BCUT2D eigenvalue weighted by atomic mass is 9.87. The van der Waals surface area contributed by atoms with Crippen LogP contribution in [-0.4, -0.2) is 17.9 Å². The largest absolute Gasteiger partial charge is 0.462 e. The molecule has 0 aromatic heterocycles. The van der Waals surface area contributed by atoms with E-state index in [9.17, 15) is 4.79 Å². The van der Waals surface area contributed by atoms with Crippen LogP contribution in [0.25, 0.3) is 5.57 Å². The predicted octanol–water partition coefficient (Wildman–Crippen LogP) is 5.84. The first kappa shape index (κ1) is 22.0. The van der Waals surface area contributed by atoms with Crippen LogP contribution >= 0.6 is 6.89 Å². The molecule has 1 aliphatic carbocycles. The van der Waals surface area contributed by atoms with E-state index in [2.05, 4.69) is 84.9 Å². The number of ether oxygens (including phenoxy) is 1. The number of hydrogen-bond donors (Lipinski definition) is 0. The maximum absolute atomic E-state index is 14.0. The van der Waals surface area contributed by atoms with Gasteiger partial charge in [0.05, 0.1) is 11.9 Å². The van der Waals surface area contributed by atoms with Crippen molar-refractivity contribution < 1.29 is 9.53 Å². The van der Waals surface area contributed by atoms with Crippen molar-refractivity contribution >= 4 is 39.6 Å². The molecule has 0 N–H and O–H groups in total. The molecule has 1 heterocycles. The molecule has 2 aliphatic rings. The van der Waals surface area contributed by atoms with Crippen molar-refractivity contribution in [2.24, 2.45) is 0 Å². The maximum Gasteiger partial charge on any atom is 0.339 e. The van der Waals surface area contributed by atoms with Gasteiger partial charge in [0.2, 0.25) is 0 Å². The Hall–Kier alpha value is -2.83. The summed E-state index contributed by atoms with van der Waals surface area (Å²) in [5.74, 6) is -0.138. The molecule has 0 bridgehead atoms. The minimum atomic E-state index is -2.42. The fourth-order valence-electron chi connectivity index (χ4n) is 5.61. The maximum atomic E-state index is 14.0. The van der Waals surface area contributed by atoms with E-state index in [0.717, 1.165) is 24.6 Å². The summed E-state index contributed by atoms with van der Waals surface area (Å²) in [4.78, 5) is 14.0. The van der Waals surface area contributed by atoms with Crippen molar-refractivity contribution in [3.63, 3.8) is 0 Å². The zero-order chi connectivity index (χ0) is 22.7. The average molecular weight is 455 g/mol. The van der Waals surface area contributed by atoms with Gasteiger partial charge in [-0.1, -0.05) is 97.8 Å². The number of fused-ring (bicyclic) bond motifs is 2. The van der Waals surface area contributed by atoms with Gasteiger partial charge in [-0.15, -0.1) is 0 Å². The molecule has 3 heteroatoms. The van der Waals surface area contributed by atoms with Crippen molar-refractivity contribution in [3.8, 4) is 0 Å². The highest BCUT2D eigenvalue weighted by Gasteiger charge is 2.41. The predicted molar refractivity (Wildman–Crippen MR) is 141 cm³/mol. The van der Waals surface area contributed by atoms with Gasteiger partial charge in [0.25, 0.3) is 0 Å². The Morgan fingerprint density at radius 1 is 0.727 bits per heavy atom. The molecule has 168 valence electrons. The molecule has 0 amide bonds. The van der Waals surface area contributed by atoms with E-state index in [0.29, 0.717) is 6.61 Å². The third kappa shape index (κ3) is 3.71. The molecule has 0 spiro atoms. The zero-order valence-corrected chi connectivity index (χ0v) is 20.2. The van der Waals surface area contributed by atoms with E-state index >= 15 is 0 Å². The van der Waals surface area contributed by atoms with Crippen molar-refractivity contribution in [2.75, 3.05) is 6.61 Å². The molecule has 0 atom stereocenters. The lowest BCUT2D eigenvalue weighted by Crippen LogP contribution is -2.39. The second-order valence-electron chi connectivity index (χ2n) is 8.80. The van der Waals surface area contributed by atoms with Crippen molar-refractivity contribution in [3.05, 3.63) is 96.1 Å². The summed E-state index contributed by atoms with van der Waals surface area (Å²) >= 11 is 0. The normalized spacial score (nSPS) is 17.4. The van der Waals surface area contributed by atoms with Gasteiger partial charge in [0.15, 0.2) is 0 Å². The molecule has 1 aliphatic heterocycles. The van der Waals surface area contributed by atoms with Gasteiger partial charge in [-0.2, -0.15) is 0 Å². The lowest BCUT2D eigenvalue weighted by molar-refractivity contribution is -0.134. The number of esters is 1. The molecule has 0 radical (unpaired) electrons. The summed E-state index contributed by atoms with van der Waals surface area (Å²) in [6.07, 6.45) is 6.74. The number of allylic oxidation sites excluding steroid dienone is 1. The van der Waals surface area contributed by atoms with Crippen LogP contribution in [0.4, 0.5) is 0 Å². The van der Waals surface area contributed by atoms with Crippen LogP contribution in [0.15, 0.2) is 90.5 Å². The zero-order valence-electron chi connectivity index (χ0n) is 19.3. The minimum absolute atomic E-state index is 0.138. The number of carbonyl (C=O) groups is 1. The summed E-state index contributed by atoms with van der Waals surface area (Å²) in [5, 5.41) is 4.67. The van der Waals surface area contributed by atoms with E-state index in [4.69, 9.17) is 4.74 Å². The summed E-state index contributed by atoms with van der Waals surface area (Å²) in [6, 6.07) is 30.2. The number of carbonyl (C=O) groups excluding carboxylic acids is 1. The van der Waals surface area contributed by atoms with Gasteiger partial charge in [-0.3, -0.25) is 0 Å². The Balaban J connectivity index is 2.02. The van der Waals surface area contributed by atoms with E-state index in [1.807, 2.05) is 6.92 Å². The van der Waals surface area contributed by atoms with E-state index in [1.54, 1.807) is 0 Å². The van der Waals surface area contributed by atoms with E-state index in [-0.39, 0.29) is 5.97 Å². The molecule has 0 fully saturated rings. The van der Waals surface area contributed by atoms with Gasteiger partial charge in [-0.25, -0.2) is 4.79 Å². The molecule has 0 unspecified atom stereocenters. The first-order valence-electron chi connectivity index (χ1n) is 12.2. The standard InChI is InChI=1S/C30H31O2P/c1-2-32-30(31)29-27-21-12-4-3-11-19-25(27)26-20-13-14-22-28(26)33(29,23-15-7-5-8-16-23)24-17-9-6-10-18-24/h5-10,13-18,20,22H,2-4,11-12,19,21H2,1H3. The first-order chi connectivity index (χ1) is 16.3. The summed E-state index contributed by atoms with van der Waals surface area (Å²) in [5.41, 5.74) is 3.97. The summed E-state index contributed by atoms with van der Waals surface area (Å²) < 4.78 is 5.83. The smallest absolute Gasteiger partial charge is 0.339 e. The SMILES string of the molecule is CCOC(=O)C1=P(c2ccccc2)(c2ccccc2)c2ccccc2C2=C1CCCCCC2. The van der Waals surface area contributed by atoms with Crippen LogP contribution in [0.2, 0.25) is 0 Å². The Labute approximate surface area is 197 Å². The summed E-state index contributed by atoms with van der Waals surface area (Å²) in [7, 11) is 0. The molecular weight excluding hydrogens is 423 g/mol. The Morgan fingerprint density at radius 2 is 1.27 bits per heavy atom. The van der Waals surface area contributed by atoms with Crippen LogP contribution < -0.4 is 15.9 Å². The van der Waals surface area contributed by atoms with Gasteiger partial charge in [0, 0.05) is 0 Å². The Bertz CT molecular complexity index is 1200.